The van der Waals surface area contributed by atoms with Crippen LogP contribution in [0.4, 0.5) is 0 Å². The number of aliphatic imine (C=N–C) groups is 1. The predicted octanol–water partition coefficient (Wildman–Crippen LogP) is -2.04. The Bertz CT molecular complexity index is 341. The van der Waals surface area contributed by atoms with Gasteiger partial charge in [-0.3, -0.25) is 14.3 Å². The zero-order chi connectivity index (χ0) is 14.1. The second-order valence-corrected chi connectivity index (χ2v) is 4.59. The molecule has 0 saturated heterocycles. The number of nitrogens with two attached hydrogens (primary N) is 3. The molecule has 0 fully saturated rings. The van der Waals surface area contributed by atoms with Crippen molar-refractivity contribution in [3.05, 3.63) is 0 Å². The summed E-state index contributed by atoms with van der Waals surface area (Å²) in [4.78, 5) is 13.9. The molecule has 0 amide bonds. The molecule has 0 aromatic rings. The average Bonchev–Trinajstić information content (AvgIpc) is 2.08. The lowest BCUT2D eigenvalue weighted by Crippen LogP contribution is -2.30. The van der Waals surface area contributed by atoms with E-state index >= 15 is 0 Å². The van der Waals surface area contributed by atoms with Crippen molar-refractivity contribution in [2.45, 2.75) is 18.9 Å². The summed E-state index contributed by atoms with van der Waals surface area (Å²) in [5, 5.41) is 8.38. The first kappa shape index (κ1) is 18.0. The van der Waals surface area contributed by atoms with E-state index in [-0.39, 0.29) is 5.96 Å². The summed E-state index contributed by atoms with van der Waals surface area (Å²) in [6, 6.07) is -0.820. The molecule has 0 spiro atoms. The van der Waals surface area contributed by atoms with Crippen LogP contribution in [0, 0.1) is 0 Å². The van der Waals surface area contributed by atoms with Gasteiger partial charge in [-0.1, -0.05) is 0 Å². The summed E-state index contributed by atoms with van der Waals surface area (Å²) in [6.45, 7) is 0.420. The van der Waals surface area contributed by atoms with Gasteiger partial charge in [-0.25, -0.2) is 0 Å². The van der Waals surface area contributed by atoms with Crippen LogP contribution in [0.15, 0.2) is 4.99 Å². The Balaban J connectivity index is 0. The molecule has 0 aliphatic heterocycles. The minimum absolute atomic E-state index is 0.0129. The van der Waals surface area contributed by atoms with Crippen LogP contribution < -0.4 is 17.2 Å². The topological polar surface area (TPSA) is 182 Å². The molecule has 0 heterocycles. The van der Waals surface area contributed by atoms with Crippen LogP contribution >= 0.6 is 0 Å². The van der Waals surface area contributed by atoms with Gasteiger partial charge in [-0.15, -0.1) is 0 Å². The Morgan fingerprint density at radius 2 is 1.82 bits per heavy atom. The third kappa shape index (κ3) is 25.2. The number of carbonyl (C=O) groups is 1. The number of hydrogen-bond acceptors (Lipinski definition) is 5. The molecule has 0 aromatic carbocycles. The third-order valence-electron chi connectivity index (χ3n) is 1.28. The molecule has 10 heteroatoms. The minimum atomic E-state index is -3.67. The highest BCUT2D eigenvalue weighted by Crippen LogP contribution is 1.94. The quantitative estimate of drug-likeness (QED) is 0.164. The molecule has 102 valence electrons. The first-order valence-corrected chi connectivity index (χ1v) is 6.35. The molecule has 0 bridgehead atoms. The van der Waals surface area contributed by atoms with Crippen molar-refractivity contribution in [2.75, 3.05) is 12.8 Å². The molecule has 17 heavy (non-hydrogen) atoms. The second kappa shape index (κ2) is 8.73. The van der Waals surface area contributed by atoms with Gasteiger partial charge in [0.15, 0.2) is 5.96 Å². The summed E-state index contributed by atoms with van der Waals surface area (Å²) in [5.41, 5.74) is 15.3. The summed E-state index contributed by atoms with van der Waals surface area (Å²) >= 11 is 0. The molecule has 0 saturated carbocycles. The number of rotatable bonds is 5. The normalized spacial score (nSPS) is 11.9. The number of aliphatic carboxylic acids is 1. The lowest BCUT2D eigenvalue weighted by Gasteiger charge is -2.03. The van der Waals surface area contributed by atoms with Gasteiger partial charge in [0, 0.05) is 6.54 Å². The number of nitrogens with zero attached hydrogens (tertiary/aromatic N) is 1. The Kier molecular flexibility index (Phi) is 9.23. The number of carboxylic acids is 1. The predicted molar refractivity (Wildman–Crippen MR) is 63.0 cm³/mol. The molecular formula is C7H18N4O5S. The van der Waals surface area contributed by atoms with E-state index in [0.717, 1.165) is 0 Å². The smallest absolute Gasteiger partial charge is 0.320 e. The fraction of sp³-hybridized carbons (Fsp3) is 0.714. The third-order valence-corrected chi connectivity index (χ3v) is 1.28. The monoisotopic (exact) mass is 270 g/mol. The second-order valence-electron chi connectivity index (χ2n) is 3.13. The van der Waals surface area contributed by atoms with Gasteiger partial charge >= 0.3 is 5.97 Å². The first-order valence-electron chi connectivity index (χ1n) is 4.50. The number of guanidine groups is 1. The van der Waals surface area contributed by atoms with Crippen molar-refractivity contribution < 1.29 is 22.9 Å². The Labute approximate surface area is 99.4 Å². The summed E-state index contributed by atoms with van der Waals surface area (Å²) < 4.78 is 25.9. The molecule has 0 radical (unpaired) electrons. The van der Waals surface area contributed by atoms with Gasteiger partial charge < -0.3 is 22.3 Å². The van der Waals surface area contributed by atoms with Crippen molar-refractivity contribution in [1.82, 2.24) is 0 Å². The van der Waals surface area contributed by atoms with Gasteiger partial charge in [0.2, 0.25) is 0 Å². The zero-order valence-corrected chi connectivity index (χ0v) is 10.2. The molecule has 8 N–H and O–H groups in total. The van der Waals surface area contributed by atoms with Crippen LogP contribution in [0.2, 0.25) is 0 Å². The van der Waals surface area contributed by atoms with Crippen LogP contribution in [0.1, 0.15) is 12.8 Å². The van der Waals surface area contributed by atoms with Crippen molar-refractivity contribution in [1.29, 1.82) is 0 Å². The molecule has 0 aromatic heterocycles. The summed E-state index contributed by atoms with van der Waals surface area (Å²) in [5.74, 6) is -0.987. The molecule has 0 unspecified atom stereocenters. The SMILES string of the molecule is CS(=O)(=O)O.NC(N)=NCCC[C@H](N)C(=O)O. The van der Waals surface area contributed by atoms with Gasteiger partial charge in [-0.2, -0.15) is 8.42 Å². The van der Waals surface area contributed by atoms with Crippen molar-refractivity contribution in [3.8, 4) is 0 Å². The van der Waals surface area contributed by atoms with Gasteiger partial charge in [0.05, 0.1) is 6.26 Å². The van der Waals surface area contributed by atoms with Gasteiger partial charge in [0.25, 0.3) is 10.1 Å². The molecule has 9 nitrogen and oxygen atoms in total. The highest BCUT2D eigenvalue weighted by atomic mass is 32.2. The maximum Gasteiger partial charge on any atom is 0.320 e. The van der Waals surface area contributed by atoms with Gasteiger partial charge in [-0.05, 0) is 12.8 Å². The molecule has 0 aliphatic carbocycles. The van der Waals surface area contributed by atoms with Crippen LogP contribution in [0.3, 0.4) is 0 Å². The van der Waals surface area contributed by atoms with Crippen molar-refractivity contribution in [3.63, 3.8) is 0 Å². The standard InChI is InChI=1S/C6H14N4O2.CH4O3S/c7-4(5(11)12)2-1-3-10-6(8)9;1-5(2,3)4/h4H,1-3,7H2,(H,11,12)(H4,8,9,10);1H3,(H,2,3,4)/t4-;/m0./s1. The molecule has 0 rings (SSSR count). The lowest BCUT2D eigenvalue weighted by molar-refractivity contribution is -0.138. The fourth-order valence-corrected chi connectivity index (χ4v) is 0.643. The van der Waals surface area contributed by atoms with E-state index in [1.165, 1.54) is 0 Å². The number of carboxylic acid groups (broad SMARTS) is 1. The van der Waals surface area contributed by atoms with Crippen LogP contribution in [-0.2, 0) is 14.9 Å². The van der Waals surface area contributed by atoms with Gasteiger partial charge in [0.1, 0.15) is 6.04 Å². The Morgan fingerprint density at radius 3 is 2.12 bits per heavy atom. The van der Waals surface area contributed by atoms with E-state index in [1.807, 2.05) is 0 Å². The molecule has 1 atom stereocenters. The van der Waals surface area contributed by atoms with Crippen molar-refractivity contribution >= 4 is 22.0 Å². The molecule has 0 aliphatic rings. The van der Waals surface area contributed by atoms with Crippen LogP contribution in [0.25, 0.3) is 0 Å². The maximum atomic E-state index is 10.2. The van der Waals surface area contributed by atoms with E-state index in [0.29, 0.717) is 25.6 Å². The Hall–Kier alpha value is -1.39. The zero-order valence-electron chi connectivity index (χ0n) is 9.41. The fourth-order valence-electron chi connectivity index (χ4n) is 0.643. The number of hydrogen-bond donors (Lipinski definition) is 5. The minimum Gasteiger partial charge on any atom is -0.480 e. The average molecular weight is 270 g/mol. The maximum absolute atomic E-state index is 10.2. The van der Waals surface area contributed by atoms with E-state index in [2.05, 4.69) is 4.99 Å². The van der Waals surface area contributed by atoms with E-state index < -0.39 is 22.1 Å². The summed E-state index contributed by atoms with van der Waals surface area (Å²) in [6.07, 6.45) is 1.67. The van der Waals surface area contributed by atoms with E-state index in [1.54, 1.807) is 0 Å². The highest BCUT2D eigenvalue weighted by Gasteiger charge is 2.09. The Morgan fingerprint density at radius 1 is 1.41 bits per heavy atom. The largest absolute Gasteiger partial charge is 0.480 e. The van der Waals surface area contributed by atoms with Crippen LogP contribution in [-0.4, -0.2) is 48.8 Å². The summed E-state index contributed by atoms with van der Waals surface area (Å²) in [7, 11) is -3.67. The molecular weight excluding hydrogens is 252 g/mol. The van der Waals surface area contributed by atoms with Crippen LogP contribution in [0.5, 0.6) is 0 Å². The van der Waals surface area contributed by atoms with Crippen molar-refractivity contribution in [2.24, 2.45) is 22.2 Å². The van der Waals surface area contributed by atoms with E-state index in [4.69, 9.17) is 26.9 Å². The lowest BCUT2D eigenvalue weighted by atomic mass is 10.2. The highest BCUT2D eigenvalue weighted by molar-refractivity contribution is 7.85. The first-order chi connectivity index (χ1) is 7.54. The van der Waals surface area contributed by atoms with E-state index in [9.17, 15) is 13.2 Å².